The highest BCUT2D eigenvalue weighted by Crippen LogP contribution is 2.32. The molecule has 0 radical (unpaired) electrons. The summed E-state index contributed by atoms with van der Waals surface area (Å²) in [6, 6.07) is 1.61. The number of hydrogen-bond donors (Lipinski definition) is 1. The number of rotatable bonds is 2. The highest BCUT2D eigenvalue weighted by molar-refractivity contribution is 7.99. The molecule has 1 aliphatic rings. The molecule has 0 spiro atoms. The number of aromatic nitrogens is 2. The van der Waals surface area contributed by atoms with Crippen molar-refractivity contribution >= 4 is 17.6 Å². The Labute approximate surface area is 91.6 Å². The Morgan fingerprint density at radius 3 is 3.20 bits per heavy atom. The molecule has 2 unspecified atom stereocenters. The predicted octanol–water partition coefficient (Wildman–Crippen LogP) is 0.824. The van der Waals surface area contributed by atoms with Crippen molar-refractivity contribution in [2.75, 3.05) is 11.5 Å². The van der Waals surface area contributed by atoms with Crippen molar-refractivity contribution in [1.82, 2.24) is 9.55 Å². The summed E-state index contributed by atoms with van der Waals surface area (Å²) in [4.78, 5) is 15.2. The summed E-state index contributed by atoms with van der Waals surface area (Å²) in [7, 11) is 0. The smallest absolute Gasteiger partial charge is 0.351 e. The summed E-state index contributed by atoms with van der Waals surface area (Å²) in [5.74, 6) is 1.03. The van der Waals surface area contributed by atoms with E-state index in [-0.39, 0.29) is 23.2 Å². The zero-order valence-electron chi connectivity index (χ0n) is 8.42. The van der Waals surface area contributed by atoms with Crippen LogP contribution in [0.4, 0.5) is 5.82 Å². The molecular weight excluding hydrogens is 214 g/mol. The molecule has 1 aromatic rings. The van der Waals surface area contributed by atoms with Crippen LogP contribution in [0, 0.1) is 0 Å². The maximum absolute atomic E-state index is 11.5. The second kappa shape index (κ2) is 4.24. The van der Waals surface area contributed by atoms with E-state index in [1.54, 1.807) is 24.0 Å². The quantitative estimate of drug-likeness (QED) is 0.810. The SMILES string of the molecule is CCC1OC(n2ccc(N)nc2=O)CS1. The van der Waals surface area contributed by atoms with Crippen LogP contribution in [0.2, 0.25) is 0 Å². The molecule has 5 nitrogen and oxygen atoms in total. The second-order valence-corrected chi connectivity index (χ2v) is 4.50. The number of anilines is 1. The van der Waals surface area contributed by atoms with Gasteiger partial charge in [0.2, 0.25) is 0 Å². The fourth-order valence-electron chi connectivity index (χ4n) is 1.45. The Morgan fingerprint density at radius 2 is 2.60 bits per heavy atom. The highest BCUT2D eigenvalue weighted by atomic mass is 32.2. The van der Waals surface area contributed by atoms with Crippen LogP contribution in [0.3, 0.4) is 0 Å². The average molecular weight is 227 g/mol. The monoisotopic (exact) mass is 227 g/mol. The minimum Gasteiger partial charge on any atom is -0.383 e. The summed E-state index contributed by atoms with van der Waals surface area (Å²) in [6.07, 6.45) is 2.37. The Kier molecular flexibility index (Phi) is 2.97. The molecule has 15 heavy (non-hydrogen) atoms. The van der Waals surface area contributed by atoms with Crippen LogP contribution in [0.25, 0.3) is 0 Å². The van der Waals surface area contributed by atoms with Gasteiger partial charge in [0.1, 0.15) is 17.5 Å². The van der Waals surface area contributed by atoms with Gasteiger partial charge in [-0.05, 0) is 12.5 Å². The van der Waals surface area contributed by atoms with Crippen molar-refractivity contribution in [2.24, 2.45) is 0 Å². The van der Waals surface area contributed by atoms with E-state index in [9.17, 15) is 4.79 Å². The molecule has 0 aliphatic carbocycles. The number of nitrogens with two attached hydrogens (primary N) is 1. The zero-order chi connectivity index (χ0) is 10.8. The summed E-state index contributed by atoms with van der Waals surface area (Å²) in [5, 5.41) is 0. The van der Waals surface area contributed by atoms with Crippen LogP contribution in [0.5, 0.6) is 0 Å². The van der Waals surface area contributed by atoms with Gasteiger partial charge in [-0.25, -0.2) is 4.79 Å². The third-order valence-corrected chi connectivity index (χ3v) is 3.52. The molecule has 1 aromatic heterocycles. The lowest BCUT2D eigenvalue weighted by Gasteiger charge is -2.13. The van der Waals surface area contributed by atoms with E-state index >= 15 is 0 Å². The van der Waals surface area contributed by atoms with Crippen LogP contribution < -0.4 is 11.4 Å². The number of thioether (sulfide) groups is 1. The van der Waals surface area contributed by atoms with Gasteiger partial charge in [-0.15, -0.1) is 11.8 Å². The third kappa shape index (κ3) is 2.15. The van der Waals surface area contributed by atoms with Crippen LogP contribution >= 0.6 is 11.8 Å². The van der Waals surface area contributed by atoms with Gasteiger partial charge >= 0.3 is 5.69 Å². The number of nitrogens with zero attached hydrogens (tertiary/aromatic N) is 2. The van der Waals surface area contributed by atoms with Gasteiger partial charge in [0.15, 0.2) is 0 Å². The van der Waals surface area contributed by atoms with Crippen molar-refractivity contribution in [2.45, 2.75) is 25.0 Å². The molecule has 2 atom stereocenters. The maximum Gasteiger partial charge on any atom is 0.351 e. The Balaban J connectivity index is 2.20. The lowest BCUT2D eigenvalue weighted by molar-refractivity contribution is 0.0148. The number of ether oxygens (including phenoxy) is 1. The summed E-state index contributed by atoms with van der Waals surface area (Å²) in [6.45, 7) is 2.06. The third-order valence-electron chi connectivity index (χ3n) is 2.23. The molecule has 2 rings (SSSR count). The van der Waals surface area contributed by atoms with E-state index in [1.165, 1.54) is 4.57 Å². The fourth-order valence-corrected chi connectivity index (χ4v) is 2.51. The van der Waals surface area contributed by atoms with Gasteiger partial charge < -0.3 is 10.5 Å². The van der Waals surface area contributed by atoms with Crippen molar-refractivity contribution in [3.8, 4) is 0 Å². The summed E-state index contributed by atoms with van der Waals surface area (Å²) >= 11 is 1.72. The molecule has 2 N–H and O–H groups in total. The standard InChI is InChI=1S/C9H13N3O2S/c1-2-8-14-7(5-15-8)12-4-3-6(10)11-9(12)13/h3-4,7-8H,2,5H2,1H3,(H2,10,11,13). The maximum atomic E-state index is 11.5. The fraction of sp³-hybridized carbons (Fsp3) is 0.556. The first-order valence-corrected chi connectivity index (χ1v) is 5.87. The molecule has 2 heterocycles. The first-order chi connectivity index (χ1) is 7.20. The molecule has 6 heteroatoms. The van der Waals surface area contributed by atoms with Crippen LogP contribution in [-0.4, -0.2) is 20.7 Å². The van der Waals surface area contributed by atoms with Gasteiger partial charge in [-0.2, -0.15) is 4.98 Å². The van der Waals surface area contributed by atoms with E-state index in [2.05, 4.69) is 11.9 Å². The van der Waals surface area contributed by atoms with Crippen LogP contribution in [0.1, 0.15) is 19.6 Å². The van der Waals surface area contributed by atoms with Crippen LogP contribution in [-0.2, 0) is 4.74 Å². The number of hydrogen-bond acceptors (Lipinski definition) is 5. The Hall–Kier alpha value is -1.01. The lowest BCUT2D eigenvalue weighted by atomic mass is 10.5. The van der Waals surface area contributed by atoms with E-state index in [0.717, 1.165) is 12.2 Å². The number of nitrogen functional groups attached to an aromatic ring is 1. The molecule has 0 saturated carbocycles. The Morgan fingerprint density at radius 1 is 1.80 bits per heavy atom. The molecule has 0 amide bonds. The van der Waals surface area contributed by atoms with Gasteiger partial charge in [0, 0.05) is 11.9 Å². The van der Waals surface area contributed by atoms with Gasteiger partial charge in [0.25, 0.3) is 0 Å². The molecule has 1 fully saturated rings. The molecule has 0 aromatic carbocycles. The van der Waals surface area contributed by atoms with Crippen molar-refractivity contribution in [3.05, 3.63) is 22.7 Å². The van der Waals surface area contributed by atoms with Crippen molar-refractivity contribution < 1.29 is 4.74 Å². The first kappa shape index (κ1) is 10.5. The molecule has 0 bridgehead atoms. The van der Waals surface area contributed by atoms with Gasteiger partial charge in [-0.3, -0.25) is 4.57 Å². The summed E-state index contributed by atoms with van der Waals surface area (Å²) < 4.78 is 7.15. The Bertz CT molecular complexity index is 407. The predicted molar refractivity (Wildman–Crippen MR) is 59.6 cm³/mol. The molecule has 1 saturated heterocycles. The molecule has 1 aliphatic heterocycles. The minimum absolute atomic E-state index is 0.180. The van der Waals surface area contributed by atoms with Crippen LogP contribution in [0.15, 0.2) is 17.1 Å². The van der Waals surface area contributed by atoms with Gasteiger partial charge in [0.05, 0.1) is 0 Å². The van der Waals surface area contributed by atoms with Crippen molar-refractivity contribution in [3.63, 3.8) is 0 Å². The van der Waals surface area contributed by atoms with E-state index in [0.29, 0.717) is 0 Å². The molecular formula is C9H13N3O2S. The van der Waals surface area contributed by atoms with E-state index < -0.39 is 0 Å². The average Bonchev–Trinajstić information content (AvgIpc) is 2.66. The first-order valence-electron chi connectivity index (χ1n) is 4.82. The lowest BCUT2D eigenvalue weighted by Crippen LogP contribution is -2.28. The van der Waals surface area contributed by atoms with Gasteiger partial charge in [-0.1, -0.05) is 6.92 Å². The normalized spacial score (nSPS) is 25.7. The topological polar surface area (TPSA) is 70.1 Å². The largest absolute Gasteiger partial charge is 0.383 e. The molecule has 82 valence electrons. The second-order valence-electron chi connectivity index (χ2n) is 3.30. The zero-order valence-corrected chi connectivity index (χ0v) is 9.24. The highest BCUT2D eigenvalue weighted by Gasteiger charge is 2.26. The van der Waals surface area contributed by atoms with E-state index in [1.807, 2.05) is 0 Å². The summed E-state index contributed by atoms with van der Waals surface area (Å²) in [5.41, 5.74) is 5.24. The van der Waals surface area contributed by atoms with E-state index in [4.69, 9.17) is 10.5 Å². The van der Waals surface area contributed by atoms with Crippen molar-refractivity contribution in [1.29, 1.82) is 0 Å². The minimum atomic E-state index is -0.350.